The van der Waals surface area contributed by atoms with E-state index in [1.165, 1.54) is 24.9 Å². The summed E-state index contributed by atoms with van der Waals surface area (Å²) in [4.78, 5) is 98.1. The molecule has 1 aliphatic carbocycles. The molecule has 0 radical (unpaired) electrons. The van der Waals surface area contributed by atoms with Crippen molar-refractivity contribution in [3.8, 4) is 0 Å². The number of nitrogens with zero attached hydrogens (tertiary/aromatic N) is 2. The second kappa shape index (κ2) is 17.5. The van der Waals surface area contributed by atoms with Gasteiger partial charge < -0.3 is 36.7 Å². The predicted octanol–water partition coefficient (Wildman–Crippen LogP) is -0.644. The molecule has 2 aromatic heterocycles. The van der Waals surface area contributed by atoms with Crippen LogP contribution in [0.15, 0.2) is 53.6 Å². The van der Waals surface area contributed by atoms with E-state index in [4.69, 9.17) is 10.2 Å². The van der Waals surface area contributed by atoms with Crippen LogP contribution in [-0.4, -0.2) is 81.9 Å². The first-order valence-electron chi connectivity index (χ1n) is 15.9. The monoisotopic (exact) mass is 664 g/mol. The van der Waals surface area contributed by atoms with Crippen molar-refractivity contribution in [1.29, 1.82) is 0 Å². The summed E-state index contributed by atoms with van der Waals surface area (Å²) in [5.41, 5.74) is 5.59. The number of furan rings is 1. The van der Waals surface area contributed by atoms with E-state index < -0.39 is 59.6 Å². The number of Topliss-reactive ketones (excluding diaryl/α,β-unsaturated/α-hetero) is 1. The van der Waals surface area contributed by atoms with Gasteiger partial charge >= 0.3 is 0 Å². The zero-order chi connectivity index (χ0) is 34.5. The Bertz CT molecular complexity index is 1490. The number of nitrogens with one attached hydrogen (secondary N) is 5. The first-order valence-corrected chi connectivity index (χ1v) is 15.9. The SMILES string of the molecule is NC(=O)C1CCCC(=O)C(CCCNC(=O)c2cnccn2)NC(=O)C(Cc2ccco2)NC(=O)C(CC2CC2)NC(=O)C=CC(=O)N1. The van der Waals surface area contributed by atoms with Crippen molar-refractivity contribution in [2.45, 2.75) is 82.0 Å². The molecule has 256 valence electrons. The zero-order valence-corrected chi connectivity index (χ0v) is 26.3. The second-order valence-electron chi connectivity index (χ2n) is 11.8. The minimum absolute atomic E-state index is 0.0301. The van der Waals surface area contributed by atoms with Crippen LogP contribution in [0, 0.1) is 5.92 Å². The van der Waals surface area contributed by atoms with Gasteiger partial charge in [-0.1, -0.05) is 12.8 Å². The van der Waals surface area contributed by atoms with Crippen LogP contribution in [0.5, 0.6) is 0 Å². The molecule has 1 aliphatic heterocycles. The fraction of sp³-hybridized carbons (Fsp3) is 0.469. The molecule has 4 atom stereocenters. The quantitative estimate of drug-likeness (QED) is 0.175. The molecular formula is C32H40N8O8. The number of primary amides is 1. The lowest BCUT2D eigenvalue weighted by atomic mass is 9.99. The summed E-state index contributed by atoms with van der Waals surface area (Å²) in [6.07, 6.45) is 10.00. The van der Waals surface area contributed by atoms with Gasteiger partial charge in [0, 0.05) is 43.9 Å². The smallest absolute Gasteiger partial charge is 0.271 e. The van der Waals surface area contributed by atoms with Crippen molar-refractivity contribution in [2.24, 2.45) is 11.7 Å². The number of amides is 6. The molecule has 4 unspecified atom stereocenters. The molecule has 6 amide bonds. The Hall–Kier alpha value is -5.41. The lowest BCUT2D eigenvalue weighted by molar-refractivity contribution is -0.133. The van der Waals surface area contributed by atoms with Crippen LogP contribution in [0.25, 0.3) is 0 Å². The maximum atomic E-state index is 13.7. The zero-order valence-electron chi connectivity index (χ0n) is 26.3. The Labute approximate surface area is 276 Å². The lowest BCUT2D eigenvalue weighted by Gasteiger charge is -2.25. The van der Waals surface area contributed by atoms with Crippen molar-refractivity contribution in [3.05, 3.63) is 60.6 Å². The molecule has 0 aromatic carbocycles. The highest BCUT2D eigenvalue weighted by atomic mass is 16.3. The van der Waals surface area contributed by atoms with Gasteiger partial charge in [0.25, 0.3) is 5.91 Å². The van der Waals surface area contributed by atoms with E-state index in [9.17, 15) is 33.6 Å². The first-order chi connectivity index (χ1) is 23.1. The molecule has 7 N–H and O–H groups in total. The van der Waals surface area contributed by atoms with E-state index in [-0.39, 0.29) is 56.0 Å². The van der Waals surface area contributed by atoms with E-state index in [0.29, 0.717) is 18.6 Å². The molecule has 48 heavy (non-hydrogen) atoms. The summed E-state index contributed by atoms with van der Waals surface area (Å²) in [5.74, 6) is -3.77. The minimum Gasteiger partial charge on any atom is -0.469 e. The largest absolute Gasteiger partial charge is 0.469 e. The van der Waals surface area contributed by atoms with Gasteiger partial charge in [-0.25, -0.2) is 4.98 Å². The van der Waals surface area contributed by atoms with Gasteiger partial charge in [-0.2, -0.15) is 0 Å². The summed E-state index contributed by atoms with van der Waals surface area (Å²) >= 11 is 0. The Morgan fingerprint density at radius 2 is 1.65 bits per heavy atom. The second-order valence-corrected chi connectivity index (χ2v) is 11.8. The minimum atomic E-state index is -1.17. The molecule has 0 saturated heterocycles. The van der Waals surface area contributed by atoms with E-state index in [1.54, 1.807) is 12.1 Å². The highest BCUT2D eigenvalue weighted by Crippen LogP contribution is 2.33. The van der Waals surface area contributed by atoms with E-state index in [2.05, 4.69) is 36.6 Å². The van der Waals surface area contributed by atoms with Crippen LogP contribution in [0.4, 0.5) is 0 Å². The predicted molar refractivity (Wildman–Crippen MR) is 168 cm³/mol. The average molecular weight is 665 g/mol. The van der Waals surface area contributed by atoms with Crippen molar-refractivity contribution in [2.75, 3.05) is 6.54 Å². The number of rotatable bonds is 10. The van der Waals surface area contributed by atoms with Gasteiger partial charge in [0.05, 0.1) is 18.5 Å². The third kappa shape index (κ3) is 11.4. The van der Waals surface area contributed by atoms with Crippen LogP contribution in [0.1, 0.15) is 67.6 Å². The number of ketones is 1. The molecule has 0 bridgehead atoms. The van der Waals surface area contributed by atoms with Gasteiger partial charge in [0.15, 0.2) is 5.78 Å². The standard InChI is InChI=1S/C32H40N8O8/c33-29(44)22-5-1-7-26(41)21(6-2-12-36-30(45)25-18-34-13-14-35-25)39-32(47)24(17-20-4-3-15-48-20)40-31(46)23(16-19-8-9-19)38-28(43)11-10-27(42)37-22/h3-4,10-11,13-15,18-19,21-24H,1-2,5-9,12,16-17H2,(H2,33,44)(H,36,45)(H,37,42)(H,38,43)(H,39,47)(H,40,46). The number of carbonyl (C=O) groups is 7. The maximum absolute atomic E-state index is 13.7. The van der Waals surface area contributed by atoms with E-state index in [0.717, 1.165) is 25.0 Å². The van der Waals surface area contributed by atoms with Crippen LogP contribution < -0.4 is 32.3 Å². The number of aromatic nitrogens is 2. The molecule has 4 rings (SSSR count). The Balaban J connectivity index is 1.54. The van der Waals surface area contributed by atoms with Crippen LogP contribution in [0.3, 0.4) is 0 Å². The lowest BCUT2D eigenvalue weighted by Crippen LogP contribution is -2.56. The number of carbonyl (C=O) groups excluding carboxylic acids is 7. The molecular weight excluding hydrogens is 624 g/mol. The Morgan fingerprint density at radius 3 is 2.31 bits per heavy atom. The molecule has 0 spiro atoms. The van der Waals surface area contributed by atoms with Gasteiger partial charge in [0.2, 0.25) is 29.5 Å². The van der Waals surface area contributed by atoms with Crippen LogP contribution >= 0.6 is 0 Å². The van der Waals surface area contributed by atoms with Crippen molar-refractivity contribution >= 4 is 41.2 Å². The number of nitrogens with two attached hydrogens (primary N) is 1. The molecule has 2 aromatic rings. The third-order valence-corrected chi connectivity index (χ3v) is 7.94. The summed E-state index contributed by atoms with van der Waals surface area (Å²) < 4.78 is 5.43. The highest BCUT2D eigenvalue weighted by Gasteiger charge is 2.34. The fourth-order valence-corrected chi connectivity index (χ4v) is 5.16. The Kier molecular flexibility index (Phi) is 12.9. The third-order valence-electron chi connectivity index (χ3n) is 7.94. The number of hydrogen-bond donors (Lipinski definition) is 6. The number of hydrogen-bond acceptors (Lipinski definition) is 10. The molecule has 2 aliphatic rings. The van der Waals surface area contributed by atoms with E-state index in [1.807, 2.05) is 0 Å². The molecule has 1 fully saturated rings. The molecule has 16 heteroatoms. The van der Waals surface area contributed by atoms with E-state index >= 15 is 0 Å². The van der Waals surface area contributed by atoms with Crippen LogP contribution in [0.2, 0.25) is 0 Å². The van der Waals surface area contributed by atoms with Crippen LogP contribution in [-0.2, 0) is 35.2 Å². The maximum Gasteiger partial charge on any atom is 0.271 e. The summed E-state index contributed by atoms with van der Waals surface area (Å²) in [6, 6.07) is -1.05. The molecule has 1 saturated carbocycles. The van der Waals surface area contributed by atoms with Crippen molar-refractivity contribution in [1.82, 2.24) is 36.6 Å². The van der Waals surface area contributed by atoms with Gasteiger partial charge in [0.1, 0.15) is 29.6 Å². The summed E-state index contributed by atoms with van der Waals surface area (Å²) in [5, 5.41) is 13.2. The topological polar surface area (TPSA) is 245 Å². The van der Waals surface area contributed by atoms with Gasteiger partial charge in [-0.05, 0) is 50.2 Å². The van der Waals surface area contributed by atoms with Crippen molar-refractivity contribution in [3.63, 3.8) is 0 Å². The normalized spacial score (nSPS) is 23.1. The summed E-state index contributed by atoms with van der Waals surface area (Å²) in [6.45, 7) is 0.160. The Morgan fingerprint density at radius 1 is 0.917 bits per heavy atom. The molecule has 3 heterocycles. The molecule has 16 nitrogen and oxygen atoms in total. The van der Waals surface area contributed by atoms with Gasteiger partial charge in [-0.3, -0.25) is 38.5 Å². The fourth-order valence-electron chi connectivity index (χ4n) is 5.16. The van der Waals surface area contributed by atoms with Gasteiger partial charge in [-0.15, -0.1) is 0 Å². The highest BCUT2D eigenvalue weighted by molar-refractivity contribution is 6.00. The van der Waals surface area contributed by atoms with Crippen molar-refractivity contribution < 1.29 is 38.0 Å². The first kappa shape index (κ1) is 35.4. The summed E-state index contributed by atoms with van der Waals surface area (Å²) in [7, 11) is 0. The average Bonchev–Trinajstić information content (AvgIpc) is 3.74.